The summed E-state index contributed by atoms with van der Waals surface area (Å²) in [4.78, 5) is 20.1. The molecule has 0 atom stereocenters. The number of hydrogen-bond acceptors (Lipinski definition) is 7. The van der Waals surface area contributed by atoms with Crippen LogP contribution in [0.4, 0.5) is 5.69 Å². The first kappa shape index (κ1) is 22.7. The lowest BCUT2D eigenvalue weighted by atomic mass is 10.3. The van der Waals surface area contributed by atoms with Crippen LogP contribution < -0.4 is 15.4 Å². The van der Waals surface area contributed by atoms with Crippen molar-refractivity contribution >= 4 is 33.0 Å². The molecule has 0 amide bonds. The number of nitro benzene ring substituents is 1. The van der Waals surface area contributed by atoms with E-state index in [0.29, 0.717) is 19.0 Å². The van der Waals surface area contributed by atoms with Crippen LogP contribution in [0.5, 0.6) is 0 Å². The SMILES string of the molecule is CCNC(=NCc1nc(C)c(C)s1)NCCNS(=O)(=O)c1cccc([N+](=O)[O-])c1. The number of nitrogens with zero attached hydrogens (tertiary/aromatic N) is 3. The Morgan fingerprint density at radius 2 is 2.03 bits per heavy atom. The fourth-order valence-electron chi connectivity index (χ4n) is 2.31. The van der Waals surface area contributed by atoms with Gasteiger partial charge in [0.05, 0.1) is 22.1 Å². The van der Waals surface area contributed by atoms with E-state index in [0.717, 1.165) is 21.6 Å². The Kier molecular flexibility index (Phi) is 8.05. The third kappa shape index (κ3) is 6.76. The second-order valence-corrected chi connectivity index (χ2v) is 9.08. The zero-order valence-corrected chi connectivity index (χ0v) is 18.1. The highest BCUT2D eigenvalue weighted by Gasteiger charge is 2.17. The van der Waals surface area contributed by atoms with Gasteiger partial charge in [-0.25, -0.2) is 23.1 Å². The number of rotatable bonds is 9. The van der Waals surface area contributed by atoms with Gasteiger partial charge in [0.2, 0.25) is 10.0 Å². The molecule has 0 saturated carbocycles. The molecule has 0 aliphatic carbocycles. The van der Waals surface area contributed by atoms with E-state index in [1.807, 2.05) is 20.8 Å². The lowest BCUT2D eigenvalue weighted by Crippen LogP contribution is -2.41. The molecule has 0 bridgehead atoms. The molecule has 0 aliphatic heterocycles. The number of sulfonamides is 1. The second-order valence-electron chi connectivity index (χ2n) is 6.02. The number of nitrogens with one attached hydrogen (secondary N) is 3. The molecule has 1 heterocycles. The van der Waals surface area contributed by atoms with E-state index >= 15 is 0 Å². The zero-order valence-electron chi connectivity index (χ0n) is 16.4. The lowest BCUT2D eigenvalue weighted by molar-refractivity contribution is -0.385. The van der Waals surface area contributed by atoms with Crippen LogP contribution in [0.1, 0.15) is 22.5 Å². The molecule has 1 aromatic carbocycles. The van der Waals surface area contributed by atoms with Crippen molar-refractivity contribution in [1.82, 2.24) is 20.3 Å². The van der Waals surface area contributed by atoms with Crippen LogP contribution in [-0.4, -0.2) is 43.9 Å². The highest BCUT2D eigenvalue weighted by Crippen LogP contribution is 2.17. The topological polar surface area (TPSA) is 139 Å². The lowest BCUT2D eigenvalue weighted by Gasteiger charge is -2.12. The average Bonchev–Trinajstić information content (AvgIpc) is 3.00. The molecule has 2 rings (SSSR count). The number of aromatic nitrogens is 1. The van der Waals surface area contributed by atoms with E-state index in [1.165, 1.54) is 18.2 Å². The number of aryl methyl sites for hydroxylation is 2. The minimum Gasteiger partial charge on any atom is -0.357 e. The normalized spacial score (nSPS) is 12.0. The summed E-state index contributed by atoms with van der Waals surface area (Å²) in [6, 6.07) is 4.92. The van der Waals surface area contributed by atoms with Crippen LogP contribution in [0.25, 0.3) is 0 Å². The molecule has 0 saturated heterocycles. The van der Waals surface area contributed by atoms with Gasteiger partial charge in [-0.1, -0.05) is 6.07 Å². The zero-order chi connectivity index (χ0) is 21.4. The fraction of sp³-hybridized carbons (Fsp3) is 0.412. The van der Waals surface area contributed by atoms with E-state index in [9.17, 15) is 18.5 Å². The molecule has 3 N–H and O–H groups in total. The Labute approximate surface area is 173 Å². The Morgan fingerprint density at radius 3 is 2.66 bits per heavy atom. The van der Waals surface area contributed by atoms with Crippen LogP contribution in [0.15, 0.2) is 34.2 Å². The third-order valence-corrected chi connectivity index (χ3v) is 6.35. The first-order chi connectivity index (χ1) is 13.7. The number of aliphatic imine (C=N–C) groups is 1. The number of guanidine groups is 1. The molecule has 2 aromatic rings. The van der Waals surface area contributed by atoms with E-state index in [2.05, 4.69) is 25.3 Å². The van der Waals surface area contributed by atoms with Crippen molar-refractivity contribution in [2.24, 2.45) is 4.99 Å². The van der Waals surface area contributed by atoms with Gasteiger partial charge < -0.3 is 10.6 Å². The van der Waals surface area contributed by atoms with Crippen LogP contribution in [0.2, 0.25) is 0 Å². The maximum absolute atomic E-state index is 12.3. The van der Waals surface area contributed by atoms with Gasteiger partial charge in [0.15, 0.2) is 5.96 Å². The number of thiazole rings is 1. The smallest absolute Gasteiger partial charge is 0.270 e. The molecule has 0 radical (unpaired) electrons. The predicted molar refractivity (Wildman–Crippen MR) is 113 cm³/mol. The van der Waals surface area contributed by atoms with E-state index in [1.54, 1.807) is 11.3 Å². The van der Waals surface area contributed by atoms with Crippen molar-refractivity contribution in [2.45, 2.75) is 32.2 Å². The summed E-state index contributed by atoms with van der Waals surface area (Å²) in [5.41, 5.74) is 0.717. The number of non-ortho nitro benzene ring substituents is 1. The molecule has 0 unspecified atom stereocenters. The van der Waals surface area contributed by atoms with Gasteiger partial charge in [-0.2, -0.15) is 0 Å². The Balaban J connectivity index is 1.91. The number of nitro groups is 1. The highest BCUT2D eigenvalue weighted by molar-refractivity contribution is 7.89. The standard InChI is InChI=1S/C17H24N6O4S2/c1-4-18-17(20-11-16-22-12(2)13(3)28-16)19-8-9-21-29(26,27)15-7-5-6-14(10-15)23(24)25/h5-7,10,21H,4,8-9,11H2,1-3H3,(H2,18,19,20). The van der Waals surface area contributed by atoms with Gasteiger partial charge in [-0.15, -0.1) is 11.3 Å². The summed E-state index contributed by atoms with van der Waals surface area (Å²) in [6.07, 6.45) is 0. The summed E-state index contributed by atoms with van der Waals surface area (Å²) in [5.74, 6) is 0.549. The summed E-state index contributed by atoms with van der Waals surface area (Å²) in [7, 11) is -3.85. The maximum Gasteiger partial charge on any atom is 0.270 e. The molecule has 0 aliphatic rings. The summed E-state index contributed by atoms with van der Waals surface area (Å²) in [6.45, 7) is 7.35. The largest absolute Gasteiger partial charge is 0.357 e. The molecule has 1 aromatic heterocycles. The first-order valence-corrected chi connectivity index (χ1v) is 11.2. The summed E-state index contributed by atoms with van der Waals surface area (Å²) in [5, 5.41) is 17.9. The van der Waals surface area contributed by atoms with Gasteiger partial charge in [0.25, 0.3) is 5.69 Å². The van der Waals surface area contributed by atoms with E-state index in [4.69, 9.17) is 0 Å². The molecule has 0 spiro atoms. The number of hydrogen-bond donors (Lipinski definition) is 3. The van der Waals surface area contributed by atoms with Gasteiger partial charge in [0, 0.05) is 36.6 Å². The van der Waals surface area contributed by atoms with Gasteiger partial charge in [-0.05, 0) is 26.8 Å². The monoisotopic (exact) mass is 440 g/mol. The van der Waals surface area contributed by atoms with Crippen LogP contribution in [0.3, 0.4) is 0 Å². The quantitative estimate of drug-likeness (QED) is 0.177. The van der Waals surface area contributed by atoms with Crippen molar-refractivity contribution < 1.29 is 13.3 Å². The second kappa shape index (κ2) is 10.3. The molecule has 12 heteroatoms. The van der Waals surface area contributed by atoms with E-state index < -0.39 is 14.9 Å². The average molecular weight is 441 g/mol. The van der Waals surface area contributed by atoms with Gasteiger partial charge in [-0.3, -0.25) is 10.1 Å². The van der Waals surface area contributed by atoms with Crippen molar-refractivity contribution in [3.8, 4) is 0 Å². The van der Waals surface area contributed by atoms with E-state index in [-0.39, 0.29) is 23.7 Å². The fourth-order valence-corrected chi connectivity index (χ4v) is 4.24. The molecule has 158 valence electrons. The maximum atomic E-state index is 12.3. The Morgan fingerprint density at radius 1 is 1.28 bits per heavy atom. The van der Waals surface area contributed by atoms with Gasteiger partial charge >= 0.3 is 0 Å². The minimum atomic E-state index is -3.85. The Hall–Kier alpha value is -2.57. The Bertz CT molecular complexity index is 968. The third-order valence-electron chi connectivity index (χ3n) is 3.84. The van der Waals surface area contributed by atoms with Crippen molar-refractivity contribution in [2.75, 3.05) is 19.6 Å². The summed E-state index contributed by atoms with van der Waals surface area (Å²) >= 11 is 1.59. The van der Waals surface area contributed by atoms with Crippen molar-refractivity contribution in [3.63, 3.8) is 0 Å². The first-order valence-electron chi connectivity index (χ1n) is 8.92. The molecule has 29 heavy (non-hydrogen) atoms. The van der Waals surface area contributed by atoms with Crippen LogP contribution >= 0.6 is 11.3 Å². The molecular weight excluding hydrogens is 416 g/mol. The number of benzene rings is 1. The molecule has 0 fully saturated rings. The molecular formula is C17H24N6O4S2. The summed E-state index contributed by atoms with van der Waals surface area (Å²) < 4.78 is 27.0. The van der Waals surface area contributed by atoms with Crippen LogP contribution in [0, 0.1) is 24.0 Å². The van der Waals surface area contributed by atoms with Gasteiger partial charge in [0.1, 0.15) is 5.01 Å². The molecule has 10 nitrogen and oxygen atoms in total. The van der Waals surface area contributed by atoms with Crippen molar-refractivity contribution in [1.29, 1.82) is 0 Å². The minimum absolute atomic E-state index is 0.0882. The highest BCUT2D eigenvalue weighted by atomic mass is 32.2. The predicted octanol–water partition coefficient (Wildman–Crippen LogP) is 1.70. The van der Waals surface area contributed by atoms with Crippen LogP contribution in [-0.2, 0) is 16.6 Å². The van der Waals surface area contributed by atoms with Crippen molar-refractivity contribution in [3.05, 3.63) is 50.0 Å².